The van der Waals surface area contributed by atoms with Crippen LogP contribution >= 0.6 is 0 Å². The Morgan fingerprint density at radius 3 is 2.60 bits per heavy atom. The van der Waals surface area contributed by atoms with Gasteiger partial charge in [0, 0.05) is 11.7 Å². The van der Waals surface area contributed by atoms with Gasteiger partial charge in [0.2, 0.25) is 5.88 Å². The zero-order chi connectivity index (χ0) is 11.1. The van der Waals surface area contributed by atoms with Gasteiger partial charge in [-0.2, -0.15) is 0 Å². The van der Waals surface area contributed by atoms with Gasteiger partial charge in [-0.3, -0.25) is 0 Å². The molecule has 0 aliphatic rings. The minimum Gasteiger partial charge on any atom is -0.480 e. The Labute approximate surface area is 88.9 Å². The Hall–Kier alpha value is -1.58. The predicted molar refractivity (Wildman–Crippen MR) is 59.1 cm³/mol. The first-order valence-corrected chi connectivity index (χ1v) is 4.90. The number of rotatable bonds is 1. The van der Waals surface area contributed by atoms with Crippen LogP contribution in [-0.2, 0) is 5.54 Å². The monoisotopic (exact) mass is 205 g/mol. The van der Waals surface area contributed by atoms with Gasteiger partial charge in [0.25, 0.3) is 0 Å². The van der Waals surface area contributed by atoms with Crippen LogP contribution < -0.4 is 4.74 Å². The lowest BCUT2D eigenvalue weighted by atomic mass is 10.1. The number of methoxy groups -OCH3 is 1. The van der Waals surface area contributed by atoms with Gasteiger partial charge in [-0.15, -0.1) is 0 Å². The highest BCUT2D eigenvalue weighted by Gasteiger charge is 2.17. The fourth-order valence-corrected chi connectivity index (χ4v) is 1.63. The van der Waals surface area contributed by atoms with E-state index in [0.717, 1.165) is 11.0 Å². The first-order chi connectivity index (χ1) is 7.04. The van der Waals surface area contributed by atoms with Gasteiger partial charge in [0.1, 0.15) is 12.0 Å². The third-order valence-corrected chi connectivity index (χ3v) is 2.36. The first-order valence-electron chi connectivity index (χ1n) is 4.90. The summed E-state index contributed by atoms with van der Waals surface area (Å²) in [7, 11) is 1.62. The molecular weight excluding hydrogens is 190 g/mol. The number of fused-ring (bicyclic) bond motifs is 1. The van der Waals surface area contributed by atoms with Crippen LogP contribution in [0.1, 0.15) is 20.8 Å². The summed E-state index contributed by atoms with van der Waals surface area (Å²) in [5.74, 6) is 0.628. The van der Waals surface area contributed by atoms with Crippen molar-refractivity contribution in [1.82, 2.24) is 14.5 Å². The summed E-state index contributed by atoms with van der Waals surface area (Å²) in [5.41, 5.74) is 0.926. The molecule has 0 N–H and O–H groups in total. The number of hydrogen-bond donors (Lipinski definition) is 0. The molecule has 0 amide bonds. The highest BCUT2D eigenvalue weighted by Crippen LogP contribution is 2.26. The van der Waals surface area contributed by atoms with E-state index in [0.29, 0.717) is 5.88 Å². The lowest BCUT2D eigenvalue weighted by Crippen LogP contribution is -2.20. The molecule has 0 saturated heterocycles. The maximum absolute atomic E-state index is 5.19. The van der Waals surface area contributed by atoms with Gasteiger partial charge in [0.15, 0.2) is 0 Å². The molecule has 80 valence electrons. The van der Waals surface area contributed by atoms with E-state index in [9.17, 15) is 0 Å². The van der Waals surface area contributed by atoms with E-state index in [4.69, 9.17) is 4.74 Å². The van der Waals surface area contributed by atoms with Crippen molar-refractivity contribution < 1.29 is 4.74 Å². The summed E-state index contributed by atoms with van der Waals surface area (Å²) >= 11 is 0. The largest absolute Gasteiger partial charge is 0.480 e. The molecule has 15 heavy (non-hydrogen) atoms. The van der Waals surface area contributed by atoms with Crippen LogP contribution in [0.15, 0.2) is 18.6 Å². The molecule has 2 aromatic heterocycles. The molecule has 0 saturated carbocycles. The average molecular weight is 205 g/mol. The van der Waals surface area contributed by atoms with Crippen molar-refractivity contribution in [3.8, 4) is 5.88 Å². The Morgan fingerprint density at radius 1 is 1.27 bits per heavy atom. The molecule has 4 heteroatoms. The van der Waals surface area contributed by atoms with Crippen molar-refractivity contribution in [2.24, 2.45) is 0 Å². The highest BCUT2D eigenvalue weighted by atomic mass is 16.5. The van der Waals surface area contributed by atoms with Gasteiger partial charge in [-0.05, 0) is 26.8 Å². The summed E-state index contributed by atoms with van der Waals surface area (Å²) in [6, 6.07) is 1.99. The third-order valence-electron chi connectivity index (χ3n) is 2.36. The van der Waals surface area contributed by atoms with Crippen molar-refractivity contribution in [3.05, 3.63) is 18.6 Å². The Balaban J connectivity index is 2.72. The normalized spacial score (nSPS) is 12.0. The van der Waals surface area contributed by atoms with Crippen LogP contribution in [0.5, 0.6) is 5.88 Å². The van der Waals surface area contributed by atoms with Crippen molar-refractivity contribution >= 4 is 11.0 Å². The second kappa shape index (κ2) is 3.22. The third kappa shape index (κ3) is 1.56. The fourth-order valence-electron chi connectivity index (χ4n) is 1.63. The quantitative estimate of drug-likeness (QED) is 0.716. The van der Waals surface area contributed by atoms with E-state index in [2.05, 4.69) is 35.3 Å². The molecule has 4 nitrogen and oxygen atoms in total. The van der Waals surface area contributed by atoms with Crippen LogP contribution in [0.4, 0.5) is 0 Å². The van der Waals surface area contributed by atoms with Crippen LogP contribution in [0.25, 0.3) is 11.0 Å². The zero-order valence-electron chi connectivity index (χ0n) is 9.48. The Bertz CT molecular complexity index is 482. The standard InChI is InChI=1S/C11H15N3O/c1-11(2,3)14-6-5-8-9(14)12-7-13-10(8)15-4/h5-7H,1-4H3. The molecule has 2 rings (SSSR count). The van der Waals surface area contributed by atoms with Gasteiger partial charge >= 0.3 is 0 Å². The number of ether oxygens (including phenoxy) is 1. The van der Waals surface area contributed by atoms with E-state index < -0.39 is 0 Å². The molecule has 0 aromatic carbocycles. The molecule has 0 spiro atoms. The minimum absolute atomic E-state index is 0.0150. The second-order valence-corrected chi connectivity index (χ2v) is 4.48. The summed E-state index contributed by atoms with van der Waals surface area (Å²) < 4.78 is 7.31. The topological polar surface area (TPSA) is 39.9 Å². The van der Waals surface area contributed by atoms with Crippen LogP contribution in [-0.4, -0.2) is 21.6 Å². The Morgan fingerprint density at radius 2 is 2.00 bits per heavy atom. The summed E-state index contributed by atoms with van der Waals surface area (Å²) in [6.07, 6.45) is 3.55. The van der Waals surface area contributed by atoms with Crippen LogP contribution in [0, 0.1) is 0 Å². The molecule has 0 aliphatic carbocycles. The molecule has 2 heterocycles. The SMILES string of the molecule is COc1ncnc2c1ccn2C(C)(C)C. The maximum atomic E-state index is 5.19. The smallest absolute Gasteiger partial charge is 0.225 e. The Kier molecular flexibility index (Phi) is 2.14. The molecule has 0 aliphatic heterocycles. The van der Waals surface area contributed by atoms with E-state index in [1.54, 1.807) is 7.11 Å². The van der Waals surface area contributed by atoms with E-state index in [-0.39, 0.29) is 5.54 Å². The number of aromatic nitrogens is 3. The van der Waals surface area contributed by atoms with E-state index in [1.807, 2.05) is 12.3 Å². The molecule has 0 atom stereocenters. The predicted octanol–water partition coefficient (Wildman–Crippen LogP) is 2.19. The molecule has 0 radical (unpaired) electrons. The fraction of sp³-hybridized carbons (Fsp3) is 0.455. The van der Waals surface area contributed by atoms with Crippen molar-refractivity contribution in [2.75, 3.05) is 7.11 Å². The van der Waals surface area contributed by atoms with Crippen molar-refractivity contribution in [2.45, 2.75) is 26.3 Å². The number of nitrogens with zero attached hydrogens (tertiary/aromatic N) is 3. The van der Waals surface area contributed by atoms with Crippen LogP contribution in [0.2, 0.25) is 0 Å². The summed E-state index contributed by atoms with van der Waals surface area (Å²) in [4.78, 5) is 8.36. The van der Waals surface area contributed by atoms with Crippen molar-refractivity contribution in [1.29, 1.82) is 0 Å². The molecule has 0 bridgehead atoms. The molecule has 0 unspecified atom stereocenters. The number of hydrogen-bond acceptors (Lipinski definition) is 3. The maximum Gasteiger partial charge on any atom is 0.225 e. The van der Waals surface area contributed by atoms with Crippen molar-refractivity contribution in [3.63, 3.8) is 0 Å². The summed E-state index contributed by atoms with van der Waals surface area (Å²) in [6.45, 7) is 6.42. The average Bonchev–Trinajstić information content (AvgIpc) is 2.59. The minimum atomic E-state index is 0.0150. The van der Waals surface area contributed by atoms with Gasteiger partial charge in [-0.1, -0.05) is 0 Å². The van der Waals surface area contributed by atoms with Crippen LogP contribution in [0.3, 0.4) is 0 Å². The lowest BCUT2D eigenvalue weighted by molar-refractivity contribution is 0.399. The summed E-state index contributed by atoms with van der Waals surface area (Å²) in [5, 5.41) is 0.954. The molecule has 0 fully saturated rings. The van der Waals surface area contributed by atoms with E-state index in [1.165, 1.54) is 6.33 Å². The zero-order valence-corrected chi connectivity index (χ0v) is 9.48. The first kappa shape index (κ1) is 9.96. The van der Waals surface area contributed by atoms with Gasteiger partial charge < -0.3 is 9.30 Å². The lowest BCUT2D eigenvalue weighted by Gasteiger charge is -2.21. The van der Waals surface area contributed by atoms with E-state index >= 15 is 0 Å². The second-order valence-electron chi connectivity index (χ2n) is 4.48. The highest BCUT2D eigenvalue weighted by molar-refractivity contribution is 5.81. The molecule has 2 aromatic rings. The van der Waals surface area contributed by atoms with Gasteiger partial charge in [0.05, 0.1) is 12.5 Å². The molecular formula is C11H15N3O. The van der Waals surface area contributed by atoms with Gasteiger partial charge in [-0.25, -0.2) is 9.97 Å².